The summed E-state index contributed by atoms with van der Waals surface area (Å²) in [5.74, 6) is 0.865. The predicted molar refractivity (Wildman–Crippen MR) is 139 cm³/mol. The molecule has 188 valence electrons. The lowest BCUT2D eigenvalue weighted by molar-refractivity contribution is 0.0883. The summed E-state index contributed by atoms with van der Waals surface area (Å²) in [6.07, 6.45) is 2.17. The van der Waals surface area contributed by atoms with Crippen LogP contribution in [0.15, 0.2) is 95.5 Å². The second kappa shape index (κ2) is 9.55. The summed E-state index contributed by atoms with van der Waals surface area (Å²) in [5.41, 5.74) is 3.73. The van der Waals surface area contributed by atoms with Gasteiger partial charge in [0.25, 0.3) is 5.91 Å². The highest BCUT2D eigenvalue weighted by atomic mass is 19.1. The molecule has 38 heavy (non-hydrogen) atoms. The fourth-order valence-electron chi connectivity index (χ4n) is 4.79. The van der Waals surface area contributed by atoms with Gasteiger partial charge in [0.15, 0.2) is 0 Å². The molecular weight excluding hydrogens is 483 g/mol. The van der Waals surface area contributed by atoms with E-state index >= 15 is 0 Å². The standard InChI is InChI=1S/C30H23FN4O3/c1-19-34-35-29(38-19)23-5-2-4-22(18-23)20-7-11-24(12-8-20)30(15-17-37-26-6-3-16-32-27(26)30)33-28(36)21-9-13-25(31)14-10-21/h2-14,16,18H,15,17H2,1H3,(H,33,36)/t30-/m0/s1. The van der Waals surface area contributed by atoms with Crippen molar-refractivity contribution in [1.29, 1.82) is 0 Å². The van der Waals surface area contributed by atoms with Crippen molar-refractivity contribution in [2.75, 3.05) is 6.61 Å². The Morgan fingerprint density at radius 1 is 0.921 bits per heavy atom. The van der Waals surface area contributed by atoms with E-state index < -0.39 is 11.4 Å². The number of aromatic nitrogens is 3. The number of nitrogens with one attached hydrogen (secondary N) is 1. The Morgan fingerprint density at radius 3 is 2.47 bits per heavy atom. The van der Waals surface area contributed by atoms with Crippen LogP contribution in [0.3, 0.4) is 0 Å². The van der Waals surface area contributed by atoms with Crippen LogP contribution in [-0.4, -0.2) is 27.7 Å². The molecule has 1 aliphatic heterocycles. The summed E-state index contributed by atoms with van der Waals surface area (Å²) in [6.45, 7) is 2.16. The highest BCUT2D eigenvalue weighted by molar-refractivity contribution is 5.95. The van der Waals surface area contributed by atoms with Crippen molar-refractivity contribution >= 4 is 5.91 Å². The molecule has 0 unspecified atom stereocenters. The molecule has 0 bridgehead atoms. The smallest absolute Gasteiger partial charge is 0.252 e. The topological polar surface area (TPSA) is 90.1 Å². The lowest BCUT2D eigenvalue weighted by Gasteiger charge is -2.39. The van der Waals surface area contributed by atoms with Gasteiger partial charge in [-0.1, -0.05) is 36.4 Å². The number of benzene rings is 3. The maximum atomic E-state index is 13.5. The molecule has 1 N–H and O–H groups in total. The van der Waals surface area contributed by atoms with Crippen molar-refractivity contribution in [2.45, 2.75) is 18.9 Å². The Balaban J connectivity index is 1.38. The Morgan fingerprint density at radius 2 is 1.71 bits per heavy atom. The molecule has 0 aliphatic carbocycles. The van der Waals surface area contributed by atoms with Gasteiger partial charge < -0.3 is 14.5 Å². The highest BCUT2D eigenvalue weighted by Crippen LogP contribution is 2.41. The van der Waals surface area contributed by atoms with E-state index in [4.69, 9.17) is 9.15 Å². The van der Waals surface area contributed by atoms with E-state index in [1.54, 1.807) is 19.2 Å². The first kappa shape index (κ1) is 23.5. The molecule has 8 heteroatoms. The van der Waals surface area contributed by atoms with Crippen LogP contribution in [0.5, 0.6) is 5.75 Å². The van der Waals surface area contributed by atoms with E-state index in [0.717, 1.165) is 22.3 Å². The fraction of sp³-hybridized carbons (Fsp3) is 0.133. The van der Waals surface area contributed by atoms with E-state index in [1.807, 2.05) is 54.6 Å². The molecule has 1 atom stereocenters. The number of hydrogen-bond acceptors (Lipinski definition) is 6. The Hall–Kier alpha value is -4.85. The van der Waals surface area contributed by atoms with Gasteiger partial charge in [-0.25, -0.2) is 4.39 Å². The molecule has 1 amide bonds. The fourth-order valence-corrected chi connectivity index (χ4v) is 4.79. The monoisotopic (exact) mass is 506 g/mol. The number of fused-ring (bicyclic) bond motifs is 1. The second-order valence-corrected chi connectivity index (χ2v) is 9.10. The Kier molecular flexibility index (Phi) is 5.92. The third-order valence-corrected chi connectivity index (χ3v) is 6.69. The van der Waals surface area contributed by atoms with Crippen molar-refractivity contribution in [3.8, 4) is 28.3 Å². The number of aryl methyl sites for hydroxylation is 1. The molecule has 1 aliphatic rings. The zero-order chi connectivity index (χ0) is 26.1. The number of hydrogen-bond donors (Lipinski definition) is 1. The third kappa shape index (κ3) is 4.30. The molecule has 0 radical (unpaired) electrons. The van der Waals surface area contributed by atoms with E-state index in [1.165, 1.54) is 24.3 Å². The molecule has 6 rings (SSSR count). The summed E-state index contributed by atoms with van der Waals surface area (Å²) < 4.78 is 24.9. The number of ether oxygens (including phenoxy) is 1. The average molecular weight is 507 g/mol. The zero-order valence-electron chi connectivity index (χ0n) is 20.5. The maximum Gasteiger partial charge on any atom is 0.252 e. The van der Waals surface area contributed by atoms with E-state index in [-0.39, 0.29) is 5.91 Å². The van der Waals surface area contributed by atoms with E-state index in [9.17, 15) is 9.18 Å². The minimum absolute atomic E-state index is 0.324. The second-order valence-electron chi connectivity index (χ2n) is 9.10. The summed E-state index contributed by atoms with van der Waals surface area (Å²) >= 11 is 0. The SMILES string of the molecule is Cc1nnc(-c2cccc(-c3ccc([C@@]4(NC(=O)c5ccc(F)cc5)CCOc5cccnc54)cc3)c2)o1. The molecule has 0 saturated heterocycles. The Bertz CT molecular complexity index is 1620. The first-order chi connectivity index (χ1) is 18.5. The van der Waals surface area contributed by atoms with Crippen molar-refractivity contribution in [2.24, 2.45) is 0 Å². The van der Waals surface area contributed by atoms with Gasteiger partial charge in [-0.2, -0.15) is 0 Å². The van der Waals surface area contributed by atoms with Crippen LogP contribution in [0.1, 0.15) is 33.9 Å². The number of amides is 1. The molecular formula is C30H23FN4O3. The van der Waals surface area contributed by atoms with Gasteiger partial charge in [0.1, 0.15) is 22.8 Å². The van der Waals surface area contributed by atoms with Crippen LogP contribution in [0.25, 0.3) is 22.6 Å². The van der Waals surface area contributed by atoms with Crippen molar-refractivity contribution in [3.05, 3.63) is 120 Å². The Labute approximate surface area is 218 Å². The number of nitrogens with zero attached hydrogens (tertiary/aromatic N) is 3. The van der Waals surface area contributed by atoms with Gasteiger partial charge in [-0.05, 0) is 65.2 Å². The number of pyridine rings is 1. The molecule has 3 aromatic carbocycles. The van der Waals surface area contributed by atoms with E-state index in [2.05, 4.69) is 20.5 Å². The van der Waals surface area contributed by atoms with Crippen LogP contribution in [0, 0.1) is 12.7 Å². The minimum atomic E-state index is -0.929. The normalized spacial score (nSPS) is 16.4. The number of carbonyl (C=O) groups is 1. The van der Waals surface area contributed by atoms with Crippen LogP contribution in [-0.2, 0) is 5.54 Å². The largest absolute Gasteiger partial charge is 0.491 e. The molecule has 0 spiro atoms. The number of halogens is 1. The van der Waals surface area contributed by atoms with Gasteiger partial charge >= 0.3 is 0 Å². The van der Waals surface area contributed by atoms with Crippen molar-refractivity contribution < 1.29 is 18.3 Å². The number of carbonyl (C=O) groups excluding carboxylic acids is 1. The third-order valence-electron chi connectivity index (χ3n) is 6.69. The van der Waals surface area contributed by atoms with Crippen molar-refractivity contribution in [1.82, 2.24) is 20.5 Å². The molecule has 3 heterocycles. The van der Waals surface area contributed by atoms with Crippen LogP contribution >= 0.6 is 0 Å². The molecule has 2 aromatic heterocycles. The van der Waals surface area contributed by atoms with Crippen LogP contribution < -0.4 is 10.1 Å². The molecule has 0 fully saturated rings. The lowest BCUT2D eigenvalue weighted by atomic mass is 9.80. The van der Waals surface area contributed by atoms with E-state index in [0.29, 0.717) is 41.8 Å². The summed E-state index contributed by atoms with van der Waals surface area (Å²) in [4.78, 5) is 18.0. The predicted octanol–water partition coefficient (Wildman–Crippen LogP) is 5.70. The van der Waals surface area contributed by atoms with Crippen molar-refractivity contribution in [3.63, 3.8) is 0 Å². The van der Waals surface area contributed by atoms with Gasteiger partial charge in [-0.3, -0.25) is 9.78 Å². The lowest BCUT2D eigenvalue weighted by Crippen LogP contribution is -2.50. The average Bonchev–Trinajstić information content (AvgIpc) is 3.40. The van der Waals surface area contributed by atoms with Crippen LogP contribution in [0.2, 0.25) is 0 Å². The summed E-state index contributed by atoms with van der Waals surface area (Å²) in [5, 5.41) is 11.2. The van der Waals surface area contributed by atoms with Gasteiger partial charge in [-0.15, -0.1) is 10.2 Å². The maximum absolute atomic E-state index is 13.5. The first-order valence-corrected chi connectivity index (χ1v) is 12.2. The van der Waals surface area contributed by atoms with Crippen LogP contribution in [0.4, 0.5) is 4.39 Å². The molecule has 5 aromatic rings. The summed E-state index contributed by atoms with van der Waals surface area (Å²) in [7, 11) is 0. The summed E-state index contributed by atoms with van der Waals surface area (Å²) in [6, 6.07) is 25.0. The van der Waals surface area contributed by atoms with Gasteiger partial charge in [0.2, 0.25) is 11.8 Å². The molecule has 0 saturated carbocycles. The van der Waals surface area contributed by atoms with Gasteiger partial charge in [0.05, 0.1) is 6.61 Å². The number of rotatable bonds is 5. The quantitative estimate of drug-likeness (QED) is 0.329. The first-order valence-electron chi connectivity index (χ1n) is 12.2. The molecule has 7 nitrogen and oxygen atoms in total. The van der Waals surface area contributed by atoms with Gasteiger partial charge in [0, 0.05) is 30.7 Å². The highest BCUT2D eigenvalue weighted by Gasteiger charge is 2.42. The minimum Gasteiger partial charge on any atom is -0.491 e. The zero-order valence-corrected chi connectivity index (χ0v) is 20.5.